The standard InChI is InChI=1S/C13H13BN2O2/c17-14(18)12-6-10(9-1-2-9)5-11(7-12)13-8-15-3-4-16-13/h3-9,17-18H,1-2H2. The van der Waals surface area contributed by atoms with Gasteiger partial charge in [-0.15, -0.1) is 0 Å². The van der Waals surface area contributed by atoms with Gasteiger partial charge in [-0.1, -0.05) is 12.1 Å². The average molecular weight is 240 g/mol. The molecule has 1 saturated carbocycles. The van der Waals surface area contributed by atoms with Gasteiger partial charge in [0.1, 0.15) is 0 Å². The Balaban J connectivity index is 2.08. The van der Waals surface area contributed by atoms with Gasteiger partial charge in [-0.05, 0) is 35.9 Å². The molecular weight excluding hydrogens is 227 g/mol. The zero-order valence-electron chi connectivity index (χ0n) is 9.82. The highest BCUT2D eigenvalue weighted by Gasteiger charge is 2.25. The minimum absolute atomic E-state index is 0.514. The summed E-state index contributed by atoms with van der Waals surface area (Å²) < 4.78 is 0. The Labute approximate surface area is 105 Å². The molecule has 1 aromatic heterocycles. The maximum Gasteiger partial charge on any atom is 0.488 e. The van der Waals surface area contributed by atoms with Gasteiger partial charge in [0, 0.05) is 18.0 Å². The van der Waals surface area contributed by atoms with Crippen molar-refractivity contribution in [1.29, 1.82) is 0 Å². The van der Waals surface area contributed by atoms with Crippen LogP contribution in [-0.4, -0.2) is 27.1 Å². The minimum atomic E-state index is -1.45. The summed E-state index contributed by atoms with van der Waals surface area (Å²) in [5, 5.41) is 18.7. The Kier molecular flexibility index (Phi) is 2.85. The van der Waals surface area contributed by atoms with E-state index in [4.69, 9.17) is 0 Å². The molecule has 0 spiro atoms. The molecule has 1 aliphatic carbocycles. The second-order valence-corrected chi connectivity index (χ2v) is 4.63. The van der Waals surface area contributed by atoms with Crippen LogP contribution in [0.2, 0.25) is 0 Å². The lowest BCUT2D eigenvalue weighted by atomic mass is 9.78. The van der Waals surface area contributed by atoms with E-state index in [0.29, 0.717) is 11.4 Å². The molecule has 1 aliphatic rings. The van der Waals surface area contributed by atoms with E-state index in [0.717, 1.165) is 16.8 Å². The van der Waals surface area contributed by atoms with Gasteiger partial charge < -0.3 is 10.0 Å². The third kappa shape index (κ3) is 2.28. The van der Waals surface area contributed by atoms with Crippen LogP contribution in [0, 0.1) is 0 Å². The quantitative estimate of drug-likeness (QED) is 0.775. The largest absolute Gasteiger partial charge is 0.488 e. The van der Waals surface area contributed by atoms with Crippen molar-refractivity contribution in [2.75, 3.05) is 0 Å². The summed E-state index contributed by atoms with van der Waals surface area (Å²) in [6.45, 7) is 0. The van der Waals surface area contributed by atoms with Gasteiger partial charge in [0.15, 0.2) is 0 Å². The molecule has 0 amide bonds. The van der Waals surface area contributed by atoms with Crippen molar-refractivity contribution in [1.82, 2.24) is 9.97 Å². The number of nitrogens with zero attached hydrogens (tertiary/aromatic N) is 2. The van der Waals surface area contributed by atoms with Crippen LogP contribution in [0.4, 0.5) is 0 Å². The fourth-order valence-electron chi connectivity index (χ4n) is 2.07. The Morgan fingerprint density at radius 3 is 2.56 bits per heavy atom. The van der Waals surface area contributed by atoms with Crippen LogP contribution in [0.5, 0.6) is 0 Å². The van der Waals surface area contributed by atoms with Gasteiger partial charge in [0.25, 0.3) is 0 Å². The van der Waals surface area contributed by atoms with Gasteiger partial charge >= 0.3 is 7.12 Å². The average Bonchev–Trinajstić information content (AvgIpc) is 3.23. The Morgan fingerprint density at radius 2 is 1.94 bits per heavy atom. The van der Waals surface area contributed by atoms with E-state index >= 15 is 0 Å². The zero-order valence-corrected chi connectivity index (χ0v) is 9.82. The first-order chi connectivity index (χ1) is 8.74. The van der Waals surface area contributed by atoms with Crippen LogP contribution in [0.3, 0.4) is 0 Å². The summed E-state index contributed by atoms with van der Waals surface area (Å²) in [5.41, 5.74) is 3.30. The molecule has 0 saturated heterocycles. The van der Waals surface area contributed by atoms with Crippen LogP contribution in [-0.2, 0) is 0 Å². The molecule has 1 fully saturated rings. The molecule has 2 aromatic rings. The van der Waals surface area contributed by atoms with Gasteiger partial charge in [0.05, 0.1) is 11.9 Å². The lowest BCUT2D eigenvalue weighted by Gasteiger charge is -2.08. The summed E-state index contributed by atoms with van der Waals surface area (Å²) in [6, 6.07) is 5.68. The van der Waals surface area contributed by atoms with E-state index in [-0.39, 0.29) is 0 Å². The van der Waals surface area contributed by atoms with Gasteiger partial charge in [0.2, 0.25) is 0 Å². The highest BCUT2D eigenvalue weighted by atomic mass is 16.4. The van der Waals surface area contributed by atoms with Crippen molar-refractivity contribution in [2.45, 2.75) is 18.8 Å². The molecule has 0 radical (unpaired) electrons. The van der Waals surface area contributed by atoms with Crippen molar-refractivity contribution in [3.63, 3.8) is 0 Å². The third-order valence-corrected chi connectivity index (χ3v) is 3.18. The SMILES string of the molecule is OB(O)c1cc(-c2cnccn2)cc(C2CC2)c1. The summed E-state index contributed by atoms with van der Waals surface area (Å²) in [5.74, 6) is 0.555. The summed E-state index contributed by atoms with van der Waals surface area (Å²) in [7, 11) is -1.45. The number of aromatic nitrogens is 2. The molecule has 0 bridgehead atoms. The predicted octanol–water partition coefficient (Wildman–Crippen LogP) is 0.701. The highest BCUT2D eigenvalue weighted by molar-refractivity contribution is 6.58. The maximum atomic E-state index is 9.34. The van der Waals surface area contributed by atoms with Gasteiger partial charge in [-0.2, -0.15) is 0 Å². The number of hydrogen-bond donors (Lipinski definition) is 2. The zero-order chi connectivity index (χ0) is 12.5. The molecule has 1 heterocycles. The Morgan fingerprint density at radius 1 is 1.11 bits per heavy atom. The first-order valence-corrected chi connectivity index (χ1v) is 6.01. The monoisotopic (exact) mass is 240 g/mol. The molecule has 5 heteroatoms. The minimum Gasteiger partial charge on any atom is -0.423 e. The van der Waals surface area contributed by atoms with Crippen LogP contribution < -0.4 is 5.46 Å². The van der Waals surface area contributed by atoms with E-state index in [9.17, 15) is 10.0 Å². The maximum absolute atomic E-state index is 9.34. The van der Waals surface area contributed by atoms with Crippen molar-refractivity contribution < 1.29 is 10.0 Å². The summed E-state index contributed by atoms with van der Waals surface area (Å²) in [6.07, 6.45) is 7.28. The van der Waals surface area contributed by atoms with E-state index in [2.05, 4.69) is 16.0 Å². The highest BCUT2D eigenvalue weighted by Crippen LogP contribution is 2.40. The van der Waals surface area contributed by atoms with Crippen LogP contribution in [0.1, 0.15) is 24.3 Å². The Hall–Kier alpha value is -1.72. The van der Waals surface area contributed by atoms with Crippen molar-refractivity contribution in [3.8, 4) is 11.3 Å². The number of rotatable bonds is 3. The molecule has 18 heavy (non-hydrogen) atoms. The van der Waals surface area contributed by atoms with E-state index < -0.39 is 7.12 Å². The molecule has 0 aliphatic heterocycles. The number of benzene rings is 1. The lowest BCUT2D eigenvalue weighted by Crippen LogP contribution is -2.30. The first kappa shape index (κ1) is 11.4. The fourth-order valence-corrected chi connectivity index (χ4v) is 2.07. The molecule has 1 aromatic carbocycles. The molecular formula is C13H13BN2O2. The lowest BCUT2D eigenvalue weighted by molar-refractivity contribution is 0.425. The second kappa shape index (κ2) is 4.51. The molecule has 4 nitrogen and oxygen atoms in total. The fraction of sp³-hybridized carbons (Fsp3) is 0.231. The van der Waals surface area contributed by atoms with Gasteiger partial charge in [-0.25, -0.2) is 0 Å². The van der Waals surface area contributed by atoms with E-state index in [1.807, 2.05) is 6.07 Å². The van der Waals surface area contributed by atoms with E-state index in [1.54, 1.807) is 24.7 Å². The smallest absolute Gasteiger partial charge is 0.423 e. The predicted molar refractivity (Wildman–Crippen MR) is 69.3 cm³/mol. The van der Waals surface area contributed by atoms with Crippen molar-refractivity contribution in [3.05, 3.63) is 42.4 Å². The summed E-state index contributed by atoms with van der Waals surface area (Å²) >= 11 is 0. The van der Waals surface area contributed by atoms with Gasteiger partial charge in [-0.3, -0.25) is 9.97 Å². The first-order valence-electron chi connectivity index (χ1n) is 6.01. The molecule has 2 N–H and O–H groups in total. The molecule has 0 atom stereocenters. The summed E-state index contributed by atoms with van der Waals surface area (Å²) in [4.78, 5) is 8.28. The molecule has 90 valence electrons. The number of hydrogen-bond acceptors (Lipinski definition) is 4. The van der Waals surface area contributed by atoms with E-state index in [1.165, 1.54) is 12.8 Å². The van der Waals surface area contributed by atoms with Crippen LogP contribution >= 0.6 is 0 Å². The Bertz CT molecular complexity index is 536. The van der Waals surface area contributed by atoms with Crippen molar-refractivity contribution >= 4 is 12.6 Å². The van der Waals surface area contributed by atoms with Crippen LogP contribution in [0.15, 0.2) is 36.8 Å². The topological polar surface area (TPSA) is 66.2 Å². The normalized spacial score (nSPS) is 14.6. The second-order valence-electron chi connectivity index (χ2n) is 4.63. The molecule has 3 rings (SSSR count). The van der Waals surface area contributed by atoms with Crippen molar-refractivity contribution in [2.24, 2.45) is 0 Å². The third-order valence-electron chi connectivity index (χ3n) is 3.18. The molecule has 0 unspecified atom stereocenters. The van der Waals surface area contributed by atoms with Crippen LogP contribution in [0.25, 0.3) is 11.3 Å².